The molecule has 0 aromatic heterocycles. The number of halogens is 2. The van der Waals surface area contributed by atoms with Gasteiger partial charge < -0.3 is 16.0 Å². The molecule has 4 nitrogen and oxygen atoms in total. The molecule has 0 spiro atoms. The molecule has 0 aliphatic heterocycles. The molecule has 1 aromatic rings. The molecule has 0 heterocycles. The first-order chi connectivity index (χ1) is 9.99. The lowest BCUT2D eigenvalue weighted by Crippen LogP contribution is -2.45. The molecule has 6 heteroatoms. The summed E-state index contributed by atoms with van der Waals surface area (Å²) in [6.45, 7) is 5.87. The summed E-state index contributed by atoms with van der Waals surface area (Å²) in [4.78, 5) is 14.6. The summed E-state index contributed by atoms with van der Waals surface area (Å²) in [7, 11) is 4.09. The van der Waals surface area contributed by atoms with Gasteiger partial charge in [0, 0.05) is 19.6 Å². The summed E-state index contributed by atoms with van der Waals surface area (Å²) in [6, 6.07) is 8.22. The highest BCUT2D eigenvalue weighted by molar-refractivity contribution is 5.85. The molecule has 0 saturated heterocycles. The third-order valence-corrected chi connectivity index (χ3v) is 4.27. The van der Waals surface area contributed by atoms with Crippen LogP contribution in [-0.4, -0.2) is 31.4 Å². The van der Waals surface area contributed by atoms with Crippen LogP contribution in [0.4, 0.5) is 0 Å². The van der Waals surface area contributed by atoms with Crippen molar-refractivity contribution < 1.29 is 4.79 Å². The highest BCUT2D eigenvalue weighted by Crippen LogP contribution is 2.25. The average Bonchev–Trinajstić information content (AvgIpc) is 2.48. The number of amides is 1. The molecular weight excluding hydrogens is 333 g/mol. The first kappa shape index (κ1) is 24.4. The molecule has 0 bridgehead atoms. The molecule has 0 aliphatic carbocycles. The van der Waals surface area contributed by atoms with Crippen molar-refractivity contribution in [3.8, 4) is 0 Å². The smallest absolute Gasteiger partial charge is 0.227 e. The zero-order chi connectivity index (χ0) is 15.9. The molecular formula is C17H31Cl2N3O. The molecule has 0 aliphatic rings. The van der Waals surface area contributed by atoms with Gasteiger partial charge in [0.15, 0.2) is 0 Å². The number of hydrogen-bond donors (Lipinski definition) is 2. The Bertz CT molecular complexity index is 455. The second kappa shape index (κ2) is 11.7. The van der Waals surface area contributed by atoms with E-state index in [2.05, 4.69) is 22.3 Å². The highest BCUT2D eigenvalue weighted by atomic mass is 35.5. The summed E-state index contributed by atoms with van der Waals surface area (Å²) in [5, 5.41) is 3.07. The molecule has 0 saturated carbocycles. The number of rotatable bonds is 8. The number of carbonyl (C=O) groups excluding carboxylic acids is 1. The Kier molecular flexibility index (Phi) is 12.4. The van der Waals surface area contributed by atoms with Crippen molar-refractivity contribution in [3.63, 3.8) is 0 Å². The van der Waals surface area contributed by atoms with Gasteiger partial charge in [-0.3, -0.25) is 4.79 Å². The predicted molar refractivity (Wildman–Crippen MR) is 102 cm³/mol. The number of nitrogens with two attached hydrogens (primary N) is 1. The van der Waals surface area contributed by atoms with Crippen LogP contribution in [0.25, 0.3) is 0 Å². The van der Waals surface area contributed by atoms with E-state index in [9.17, 15) is 4.79 Å². The van der Waals surface area contributed by atoms with Crippen LogP contribution >= 0.6 is 24.8 Å². The summed E-state index contributed by atoms with van der Waals surface area (Å²) in [6.07, 6.45) is 1.54. The molecule has 0 radical (unpaired) electrons. The van der Waals surface area contributed by atoms with E-state index in [-0.39, 0.29) is 30.7 Å². The maximum atomic E-state index is 12.5. The zero-order valence-electron chi connectivity index (χ0n) is 14.6. The van der Waals surface area contributed by atoms with E-state index in [0.29, 0.717) is 13.1 Å². The van der Waals surface area contributed by atoms with Crippen molar-refractivity contribution in [2.75, 3.05) is 20.6 Å². The van der Waals surface area contributed by atoms with Crippen LogP contribution in [0.3, 0.4) is 0 Å². The van der Waals surface area contributed by atoms with E-state index >= 15 is 0 Å². The fourth-order valence-corrected chi connectivity index (χ4v) is 2.54. The van der Waals surface area contributed by atoms with E-state index in [1.165, 1.54) is 5.56 Å². The minimum absolute atomic E-state index is 0. The lowest BCUT2D eigenvalue weighted by atomic mass is 9.81. The Labute approximate surface area is 153 Å². The average molecular weight is 364 g/mol. The molecule has 1 aromatic carbocycles. The second-order valence-electron chi connectivity index (χ2n) is 5.88. The number of benzene rings is 1. The summed E-state index contributed by atoms with van der Waals surface area (Å²) < 4.78 is 0. The molecule has 0 fully saturated rings. The minimum atomic E-state index is -0.434. The van der Waals surface area contributed by atoms with Crippen LogP contribution in [0.2, 0.25) is 0 Å². The molecule has 23 heavy (non-hydrogen) atoms. The van der Waals surface area contributed by atoms with Crippen molar-refractivity contribution in [1.82, 2.24) is 10.2 Å². The van der Waals surface area contributed by atoms with Gasteiger partial charge in [-0.15, -0.1) is 24.8 Å². The van der Waals surface area contributed by atoms with Gasteiger partial charge in [-0.25, -0.2) is 0 Å². The number of nitrogens with one attached hydrogen (secondary N) is 1. The van der Waals surface area contributed by atoms with Crippen LogP contribution in [0.5, 0.6) is 0 Å². The Morgan fingerprint density at radius 2 is 1.65 bits per heavy atom. The molecule has 0 unspecified atom stereocenters. The van der Waals surface area contributed by atoms with Crippen LogP contribution in [0, 0.1) is 5.41 Å². The number of hydrogen-bond acceptors (Lipinski definition) is 3. The van der Waals surface area contributed by atoms with E-state index in [1.54, 1.807) is 0 Å². The SMILES string of the molecule is CCC(CC)(CN)C(=O)NCc1ccccc1CN(C)C.Cl.Cl. The number of nitrogens with zero attached hydrogens (tertiary/aromatic N) is 1. The van der Waals surface area contributed by atoms with Crippen molar-refractivity contribution in [2.45, 2.75) is 39.8 Å². The topological polar surface area (TPSA) is 58.4 Å². The fraction of sp³-hybridized carbons (Fsp3) is 0.588. The van der Waals surface area contributed by atoms with Crippen LogP contribution in [-0.2, 0) is 17.9 Å². The van der Waals surface area contributed by atoms with Gasteiger partial charge in [-0.1, -0.05) is 38.1 Å². The molecule has 1 amide bonds. The summed E-state index contributed by atoms with van der Waals surface area (Å²) in [5.74, 6) is 0.0645. The van der Waals surface area contributed by atoms with Gasteiger partial charge in [0.2, 0.25) is 5.91 Å². The Morgan fingerprint density at radius 1 is 1.13 bits per heavy atom. The lowest BCUT2D eigenvalue weighted by Gasteiger charge is -2.28. The van der Waals surface area contributed by atoms with Gasteiger partial charge >= 0.3 is 0 Å². The normalized spacial score (nSPS) is 10.7. The van der Waals surface area contributed by atoms with Crippen molar-refractivity contribution in [2.24, 2.45) is 11.1 Å². The van der Waals surface area contributed by atoms with E-state index in [0.717, 1.165) is 24.9 Å². The highest BCUT2D eigenvalue weighted by Gasteiger charge is 2.32. The first-order valence-corrected chi connectivity index (χ1v) is 7.69. The standard InChI is InChI=1S/C17H29N3O.2ClH/c1-5-17(6-2,13-18)16(21)19-11-14-9-7-8-10-15(14)12-20(3)4;;/h7-10H,5-6,11-13,18H2,1-4H3,(H,19,21);2*1H. The van der Waals surface area contributed by atoms with Gasteiger partial charge in [-0.2, -0.15) is 0 Å². The second-order valence-corrected chi connectivity index (χ2v) is 5.88. The Balaban J connectivity index is 0. The van der Waals surface area contributed by atoms with Crippen molar-refractivity contribution in [3.05, 3.63) is 35.4 Å². The van der Waals surface area contributed by atoms with Gasteiger partial charge in [-0.05, 0) is 38.1 Å². The zero-order valence-corrected chi connectivity index (χ0v) is 16.2. The van der Waals surface area contributed by atoms with Gasteiger partial charge in [0.1, 0.15) is 0 Å². The molecule has 1 rings (SSSR count). The predicted octanol–water partition coefficient (Wildman–Crippen LogP) is 2.97. The summed E-state index contributed by atoms with van der Waals surface area (Å²) in [5.41, 5.74) is 7.80. The largest absolute Gasteiger partial charge is 0.351 e. The van der Waals surface area contributed by atoms with Gasteiger partial charge in [0.05, 0.1) is 5.41 Å². The third kappa shape index (κ3) is 6.68. The van der Waals surface area contributed by atoms with E-state index in [4.69, 9.17) is 5.73 Å². The molecule has 0 atom stereocenters. The first-order valence-electron chi connectivity index (χ1n) is 7.69. The fourth-order valence-electron chi connectivity index (χ4n) is 2.54. The lowest BCUT2D eigenvalue weighted by molar-refractivity contribution is -0.131. The third-order valence-electron chi connectivity index (χ3n) is 4.27. The van der Waals surface area contributed by atoms with E-state index < -0.39 is 5.41 Å². The summed E-state index contributed by atoms with van der Waals surface area (Å²) >= 11 is 0. The van der Waals surface area contributed by atoms with Crippen molar-refractivity contribution >= 4 is 30.7 Å². The molecule has 134 valence electrons. The van der Waals surface area contributed by atoms with Gasteiger partial charge in [0.25, 0.3) is 0 Å². The molecule has 3 N–H and O–H groups in total. The monoisotopic (exact) mass is 363 g/mol. The minimum Gasteiger partial charge on any atom is -0.351 e. The number of carbonyl (C=O) groups is 1. The Hall–Kier alpha value is -0.810. The van der Waals surface area contributed by atoms with E-state index in [1.807, 2.05) is 40.1 Å². The maximum Gasteiger partial charge on any atom is 0.227 e. The quantitative estimate of drug-likeness (QED) is 0.746. The van der Waals surface area contributed by atoms with Crippen LogP contribution < -0.4 is 11.1 Å². The van der Waals surface area contributed by atoms with Crippen LogP contribution in [0.1, 0.15) is 37.8 Å². The maximum absolute atomic E-state index is 12.5. The Morgan fingerprint density at radius 3 is 2.09 bits per heavy atom. The van der Waals surface area contributed by atoms with Crippen molar-refractivity contribution in [1.29, 1.82) is 0 Å². The van der Waals surface area contributed by atoms with Crippen LogP contribution in [0.15, 0.2) is 24.3 Å².